The number of urea groups is 1. The quantitative estimate of drug-likeness (QED) is 0.598. The minimum absolute atomic E-state index is 0.0224. The highest BCUT2D eigenvalue weighted by molar-refractivity contribution is 7.89. The van der Waals surface area contributed by atoms with Crippen LogP contribution in [0.1, 0.15) is 44.9 Å². The van der Waals surface area contributed by atoms with E-state index in [1.54, 1.807) is 31.4 Å². The van der Waals surface area contributed by atoms with Crippen LogP contribution in [0.25, 0.3) is 0 Å². The SMILES string of the molecule is COc1ccc(S(=O)(=O)N2CCC(N(C(=O)Nc3ncc(Cl)s3)C3CCCCC3)CC2)cc1. The van der Waals surface area contributed by atoms with Crippen LogP contribution >= 0.6 is 22.9 Å². The van der Waals surface area contributed by atoms with E-state index in [-0.39, 0.29) is 23.0 Å². The first kappa shape index (κ1) is 24.3. The molecule has 8 nitrogen and oxygen atoms in total. The Bertz CT molecular complexity index is 1050. The van der Waals surface area contributed by atoms with E-state index in [4.69, 9.17) is 16.3 Å². The van der Waals surface area contributed by atoms with Gasteiger partial charge in [-0.05, 0) is 49.9 Å². The Morgan fingerprint density at radius 1 is 1.12 bits per heavy atom. The van der Waals surface area contributed by atoms with Gasteiger partial charge in [-0.1, -0.05) is 42.2 Å². The Labute approximate surface area is 203 Å². The summed E-state index contributed by atoms with van der Waals surface area (Å²) in [6.07, 6.45) is 8.04. The second kappa shape index (κ2) is 10.6. The average molecular weight is 513 g/mol. The number of carbonyl (C=O) groups is 1. The van der Waals surface area contributed by atoms with Crippen molar-refractivity contribution in [3.63, 3.8) is 0 Å². The van der Waals surface area contributed by atoms with E-state index in [9.17, 15) is 13.2 Å². The number of aromatic nitrogens is 1. The zero-order valence-electron chi connectivity index (χ0n) is 18.6. The molecule has 1 aliphatic heterocycles. The number of benzene rings is 1. The number of piperidine rings is 1. The van der Waals surface area contributed by atoms with Crippen molar-refractivity contribution < 1.29 is 17.9 Å². The van der Waals surface area contributed by atoms with Gasteiger partial charge < -0.3 is 9.64 Å². The van der Waals surface area contributed by atoms with E-state index in [2.05, 4.69) is 10.3 Å². The Morgan fingerprint density at radius 2 is 1.76 bits per heavy atom. The Balaban J connectivity index is 1.46. The fourth-order valence-electron chi connectivity index (χ4n) is 4.71. The van der Waals surface area contributed by atoms with E-state index >= 15 is 0 Å². The molecule has 0 radical (unpaired) electrons. The van der Waals surface area contributed by atoms with Crippen molar-refractivity contribution in [3.8, 4) is 5.75 Å². The van der Waals surface area contributed by atoms with Crippen LogP contribution in [0, 0.1) is 0 Å². The molecule has 11 heteroatoms. The number of nitrogens with zero attached hydrogens (tertiary/aromatic N) is 3. The summed E-state index contributed by atoms with van der Waals surface area (Å²) in [4.78, 5) is 19.6. The normalized spacial score (nSPS) is 18.7. The monoisotopic (exact) mass is 512 g/mol. The number of methoxy groups -OCH3 is 1. The minimum atomic E-state index is -3.59. The van der Waals surface area contributed by atoms with Gasteiger partial charge in [-0.2, -0.15) is 4.31 Å². The topological polar surface area (TPSA) is 91.8 Å². The maximum atomic E-state index is 13.3. The molecule has 4 rings (SSSR count). The largest absolute Gasteiger partial charge is 0.497 e. The number of carbonyl (C=O) groups excluding carboxylic acids is 1. The lowest BCUT2D eigenvalue weighted by Gasteiger charge is -2.43. The number of anilines is 1. The molecule has 2 aliphatic rings. The summed E-state index contributed by atoms with van der Waals surface area (Å²) in [5, 5.41) is 3.38. The summed E-state index contributed by atoms with van der Waals surface area (Å²) in [7, 11) is -2.04. The first-order valence-electron chi connectivity index (χ1n) is 11.2. The van der Waals surface area contributed by atoms with Crippen LogP contribution in [-0.2, 0) is 10.0 Å². The van der Waals surface area contributed by atoms with Crippen LogP contribution in [0.2, 0.25) is 4.34 Å². The number of amides is 2. The van der Waals surface area contributed by atoms with Crippen LogP contribution < -0.4 is 10.1 Å². The molecule has 1 aromatic heterocycles. The van der Waals surface area contributed by atoms with E-state index in [0.29, 0.717) is 41.1 Å². The third-order valence-electron chi connectivity index (χ3n) is 6.41. The second-order valence-electron chi connectivity index (χ2n) is 8.41. The summed E-state index contributed by atoms with van der Waals surface area (Å²) >= 11 is 7.20. The van der Waals surface area contributed by atoms with Gasteiger partial charge in [-0.25, -0.2) is 18.2 Å². The first-order valence-corrected chi connectivity index (χ1v) is 13.9. The van der Waals surface area contributed by atoms with Crippen molar-refractivity contribution in [2.24, 2.45) is 0 Å². The van der Waals surface area contributed by atoms with Gasteiger partial charge in [0.05, 0.1) is 18.2 Å². The molecular formula is C22H29ClN4O4S2. The Hall–Kier alpha value is -1.88. The molecule has 1 saturated heterocycles. The van der Waals surface area contributed by atoms with Gasteiger partial charge in [-0.3, -0.25) is 5.32 Å². The highest BCUT2D eigenvalue weighted by Gasteiger charge is 2.37. The average Bonchev–Trinajstić information content (AvgIpc) is 3.24. The third kappa shape index (κ3) is 5.62. The van der Waals surface area contributed by atoms with Gasteiger partial charge in [-0.15, -0.1) is 0 Å². The van der Waals surface area contributed by atoms with Crippen molar-refractivity contribution in [2.75, 3.05) is 25.5 Å². The molecule has 0 unspecified atom stereocenters. The molecule has 180 valence electrons. The summed E-state index contributed by atoms with van der Waals surface area (Å²) in [5.74, 6) is 0.614. The molecular weight excluding hydrogens is 484 g/mol. The number of thiazole rings is 1. The Morgan fingerprint density at radius 3 is 2.33 bits per heavy atom. The van der Waals surface area contributed by atoms with Crippen molar-refractivity contribution in [2.45, 2.75) is 61.9 Å². The van der Waals surface area contributed by atoms with Gasteiger partial charge in [0.1, 0.15) is 10.1 Å². The molecule has 2 amide bonds. The molecule has 2 heterocycles. The first-order chi connectivity index (χ1) is 15.9. The number of sulfonamides is 1. The van der Waals surface area contributed by atoms with E-state index in [1.807, 2.05) is 4.90 Å². The molecule has 0 spiro atoms. The van der Waals surface area contributed by atoms with Gasteiger partial charge in [0.15, 0.2) is 5.13 Å². The van der Waals surface area contributed by atoms with E-state index in [1.165, 1.54) is 28.3 Å². The van der Waals surface area contributed by atoms with Crippen LogP contribution in [0.5, 0.6) is 5.75 Å². The maximum Gasteiger partial charge on any atom is 0.324 e. The van der Waals surface area contributed by atoms with Crippen LogP contribution in [0.4, 0.5) is 9.93 Å². The van der Waals surface area contributed by atoms with Gasteiger partial charge >= 0.3 is 6.03 Å². The predicted molar refractivity (Wildman–Crippen MR) is 130 cm³/mol. The zero-order valence-corrected chi connectivity index (χ0v) is 21.0. The lowest BCUT2D eigenvalue weighted by molar-refractivity contribution is 0.106. The van der Waals surface area contributed by atoms with E-state index < -0.39 is 10.0 Å². The smallest absolute Gasteiger partial charge is 0.324 e. The molecule has 1 aromatic carbocycles. The number of hydrogen-bond acceptors (Lipinski definition) is 6. The number of nitrogens with one attached hydrogen (secondary N) is 1. The lowest BCUT2D eigenvalue weighted by Crippen LogP contribution is -2.54. The molecule has 1 aliphatic carbocycles. The molecule has 2 fully saturated rings. The number of hydrogen-bond donors (Lipinski definition) is 1. The molecule has 1 N–H and O–H groups in total. The van der Waals surface area contributed by atoms with Crippen molar-refractivity contribution in [3.05, 3.63) is 34.8 Å². The standard InChI is InChI=1S/C22H29ClN4O4S2/c1-31-18-7-9-19(10-8-18)33(29,30)26-13-11-17(12-14-26)27(16-5-3-2-4-6-16)22(28)25-21-24-15-20(23)32-21/h7-10,15-17H,2-6,11-14H2,1H3,(H,24,25,28). The third-order valence-corrected chi connectivity index (χ3v) is 9.35. The van der Waals surface area contributed by atoms with Crippen LogP contribution in [0.3, 0.4) is 0 Å². The van der Waals surface area contributed by atoms with Gasteiger partial charge in [0.2, 0.25) is 10.0 Å². The molecule has 33 heavy (non-hydrogen) atoms. The summed E-state index contributed by atoms with van der Waals surface area (Å²) < 4.78 is 33.4. The molecule has 0 atom stereocenters. The fourth-order valence-corrected chi connectivity index (χ4v) is 6.99. The van der Waals surface area contributed by atoms with E-state index in [0.717, 1.165) is 25.7 Å². The Kier molecular flexibility index (Phi) is 7.78. The fraction of sp³-hybridized carbons (Fsp3) is 0.545. The number of ether oxygens (including phenoxy) is 1. The number of rotatable bonds is 6. The van der Waals surface area contributed by atoms with Crippen molar-refractivity contribution in [1.29, 1.82) is 0 Å². The van der Waals surface area contributed by atoms with Gasteiger partial charge in [0.25, 0.3) is 0 Å². The van der Waals surface area contributed by atoms with Crippen molar-refractivity contribution in [1.82, 2.24) is 14.2 Å². The predicted octanol–water partition coefficient (Wildman–Crippen LogP) is 4.83. The zero-order chi connectivity index (χ0) is 23.4. The maximum absolute atomic E-state index is 13.3. The molecule has 0 bridgehead atoms. The van der Waals surface area contributed by atoms with Crippen LogP contribution in [-0.4, -0.2) is 60.9 Å². The summed E-state index contributed by atoms with van der Waals surface area (Å²) in [6.45, 7) is 0.747. The van der Waals surface area contributed by atoms with Crippen LogP contribution in [0.15, 0.2) is 35.4 Å². The second-order valence-corrected chi connectivity index (χ2v) is 12.0. The van der Waals surface area contributed by atoms with Crippen molar-refractivity contribution >= 4 is 44.1 Å². The summed E-state index contributed by atoms with van der Waals surface area (Å²) in [5.41, 5.74) is 0. The molecule has 2 aromatic rings. The number of halogens is 1. The lowest BCUT2D eigenvalue weighted by atomic mass is 9.91. The summed E-state index contributed by atoms with van der Waals surface area (Å²) in [6, 6.07) is 6.40. The van der Waals surface area contributed by atoms with Gasteiger partial charge in [0, 0.05) is 25.2 Å². The molecule has 1 saturated carbocycles. The highest BCUT2D eigenvalue weighted by atomic mass is 35.5. The highest BCUT2D eigenvalue weighted by Crippen LogP contribution is 2.31. The minimum Gasteiger partial charge on any atom is -0.497 e.